The van der Waals surface area contributed by atoms with Crippen LogP contribution in [0.4, 0.5) is 0 Å². The molecule has 3 rings (SSSR count). The van der Waals surface area contributed by atoms with Gasteiger partial charge in [-0.05, 0) is 37.8 Å². The topological polar surface area (TPSA) is 57.7 Å². The van der Waals surface area contributed by atoms with Crippen molar-refractivity contribution in [2.75, 3.05) is 20.3 Å². The molecule has 7 heteroatoms. The van der Waals surface area contributed by atoms with Crippen molar-refractivity contribution < 1.29 is 19.0 Å². The summed E-state index contributed by atoms with van der Waals surface area (Å²) in [5.41, 5.74) is 0.971. The minimum Gasteiger partial charge on any atom is -0.493 e. The van der Waals surface area contributed by atoms with E-state index in [2.05, 4.69) is 4.98 Å². The van der Waals surface area contributed by atoms with Gasteiger partial charge in [-0.25, -0.2) is 0 Å². The van der Waals surface area contributed by atoms with E-state index in [0.29, 0.717) is 51.6 Å². The lowest BCUT2D eigenvalue weighted by Gasteiger charge is -2.20. The second-order valence-corrected chi connectivity index (χ2v) is 7.08. The molecule has 0 fully saturated rings. The highest BCUT2D eigenvalue weighted by molar-refractivity contribution is 6.36. The van der Waals surface area contributed by atoms with E-state index in [9.17, 15) is 4.79 Å². The average molecular weight is 410 g/mol. The predicted molar refractivity (Wildman–Crippen MR) is 105 cm³/mol. The number of pyridine rings is 1. The van der Waals surface area contributed by atoms with Crippen molar-refractivity contribution in [1.82, 2.24) is 4.98 Å². The smallest absolute Gasteiger partial charge is 0.204 e. The quantitative estimate of drug-likeness (QED) is 0.653. The van der Waals surface area contributed by atoms with E-state index in [1.807, 2.05) is 0 Å². The Bertz CT molecular complexity index is 806. The summed E-state index contributed by atoms with van der Waals surface area (Å²) in [4.78, 5) is 17.0. The summed E-state index contributed by atoms with van der Waals surface area (Å²) >= 11 is 12.3. The number of carbonyl (C=O) groups excluding carboxylic acids is 1. The van der Waals surface area contributed by atoms with Crippen molar-refractivity contribution in [2.45, 2.75) is 32.1 Å². The van der Waals surface area contributed by atoms with Crippen LogP contribution in [0.5, 0.6) is 17.2 Å². The molecule has 0 atom stereocenters. The minimum atomic E-state index is -0.162. The maximum atomic E-state index is 13.0. The molecule has 0 unspecified atom stereocenters. The van der Waals surface area contributed by atoms with E-state index >= 15 is 0 Å². The molecule has 0 aliphatic carbocycles. The van der Waals surface area contributed by atoms with E-state index in [1.54, 1.807) is 19.2 Å². The van der Waals surface area contributed by atoms with Crippen LogP contribution in [0.1, 0.15) is 41.6 Å². The van der Waals surface area contributed by atoms with Crippen LogP contribution in [0, 0.1) is 0 Å². The summed E-state index contributed by atoms with van der Waals surface area (Å²) in [5, 5.41) is 0.718. The normalized spacial score (nSPS) is 14.5. The molecule has 0 saturated heterocycles. The van der Waals surface area contributed by atoms with Gasteiger partial charge in [-0.3, -0.25) is 9.78 Å². The van der Waals surface area contributed by atoms with E-state index < -0.39 is 0 Å². The highest BCUT2D eigenvalue weighted by atomic mass is 35.5. The van der Waals surface area contributed by atoms with Crippen molar-refractivity contribution in [1.29, 1.82) is 0 Å². The van der Waals surface area contributed by atoms with Crippen LogP contribution < -0.4 is 14.2 Å². The third kappa shape index (κ3) is 4.66. The molecule has 2 heterocycles. The maximum Gasteiger partial charge on any atom is 0.204 e. The first kappa shape index (κ1) is 19.8. The fraction of sp³-hybridized carbons (Fsp3) is 0.400. The Morgan fingerprint density at radius 3 is 2.30 bits per heavy atom. The monoisotopic (exact) mass is 409 g/mol. The fourth-order valence-electron chi connectivity index (χ4n) is 2.97. The van der Waals surface area contributed by atoms with E-state index in [4.69, 9.17) is 37.4 Å². The number of aromatic nitrogens is 1. The van der Waals surface area contributed by atoms with Crippen LogP contribution in [0.25, 0.3) is 0 Å². The molecule has 27 heavy (non-hydrogen) atoms. The molecule has 144 valence electrons. The van der Waals surface area contributed by atoms with Crippen molar-refractivity contribution in [3.05, 3.63) is 45.7 Å². The highest BCUT2D eigenvalue weighted by Gasteiger charge is 2.23. The average Bonchev–Trinajstić information content (AvgIpc) is 2.67. The third-order valence-corrected chi connectivity index (χ3v) is 5.07. The van der Waals surface area contributed by atoms with Crippen LogP contribution in [-0.2, 0) is 6.42 Å². The number of hydrogen-bond donors (Lipinski definition) is 0. The van der Waals surface area contributed by atoms with Gasteiger partial charge < -0.3 is 14.2 Å². The number of ether oxygens (including phenoxy) is 3. The zero-order valence-corrected chi connectivity index (χ0v) is 16.6. The maximum absolute atomic E-state index is 13.0. The third-order valence-electron chi connectivity index (χ3n) is 4.42. The number of benzene rings is 1. The van der Waals surface area contributed by atoms with Crippen molar-refractivity contribution in [3.63, 3.8) is 0 Å². The number of Topliss-reactive ketones (excluding diaryl/α,β-unsaturated/α-hetero) is 1. The Balaban J connectivity index is 1.97. The standard InChI is InChI=1S/C20H21Cl2NO4/c1-25-18-7-6-13(17(24)10-14-15(21)11-23-12-16(14)22)19-20(18)27-9-5-3-2-4-8-26-19/h6-7,11-12H,2-5,8-10H2,1H3. The lowest BCUT2D eigenvalue weighted by molar-refractivity contribution is 0.0987. The van der Waals surface area contributed by atoms with E-state index in [1.165, 1.54) is 12.4 Å². The van der Waals surface area contributed by atoms with E-state index in [-0.39, 0.29) is 12.2 Å². The van der Waals surface area contributed by atoms with Gasteiger partial charge in [0.15, 0.2) is 17.3 Å². The van der Waals surface area contributed by atoms with Crippen LogP contribution in [0.2, 0.25) is 10.0 Å². The number of methoxy groups -OCH3 is 1. The van der Waals surface area contributed by atoms with Gasteiger partial charge in [0, 0.05) is 24.4 Å². The summed E-state index contributed by atoms with van der Waals surface area (Å²) in [6.07, 6.45) is 7.01. The number of ketones is 1. The molecule has 0 spiro atoms. The SMILES string of the molecule is COc1ccc(C(=O)Cc2c(Cl)cncc2Cl)c2c1OCCCCCCO2. The Morgan fingerprint density at radius 2 is 1.67 bits per heavy atom. The van der Waals surface area contributed by atoms with Gasteiger partial charge in [-0.2, -0.15) is 0 Å². The Morgan fingerprint density at radius 1 is 1.04 bits per heavy atom. The lowest BCUT2D eigenvalue weighted by atomic mass is 10.0. The predicted octanol–water partition coefficient (Wildman–Crippen LogP) is 5.15. The van der Waals surface area contributed by atoms with Crippen LogP contribution in [0.15, 0.2) is 24.5 Å². The van der Waals surface area contributed by atoms with Gasteiger partial charge in [-0.15, -0.1) is 0 Å². The van der Waals surface area contributed by atoms with Crippen LogP contribution >= 0.6 is 23.2 Å². The van der Waals surface area contributed by atoms with Crippen molar-refractivity contribution in [2.24, 2.45) is 0 Å². The highest BCUT2D eigenvalue weighted by Crippen LogP contribution is 2.41. The van der Waals surface area contributed by atoms with Gasteiger partial charge in [0.25, 0.3) is 0 Å². The lowest BCUT2D eigenvalue weighted by Crippen LogP contribution is -2.12. The molecule has 0 amide bonds. The summed E-state index contributed by atoms with van der Waals surface area (Å²) in [5.74, 6) is 1.27. The molecule has 0 radical (unpaired) electrons. The van der Waals surface area contributed by atoms with Crippen LogP contribution in [0.3, 0.4) is 0 Å². The first-order valence-electron chi connectivity index (χ1n) is 8.89. The molecule has 1 aliphatic heterocycles. The summed E-state index contributed by atoms with van der Waals surface area (Å²) < 4.78 is 17.3. The number of fused-ring (bicyclic) bond motifs is 1. The molecule has 1 aromatic carbocycles. The zero-order chi connectivity index (χ0) is 19.2. The molecular formula is C20H21Cl2NO4. The van der Waals surface area contributed by atoms with Gasteiger partial charge in [0.1, 0.15) is 0 Å². The number of carbonyl (C=O) groups is 1. The zero-order valence-electron chi connectivity index (χ0n) is 15.1. The first-order valence-corrected chi connectivity index (χ1v) is 9.65. The van der Waals surface area contributed by atoms with E-state index in [0.717, 1.165) is 25.7 Å². The number of nitrogens with zero attached hydrogens (tertiary/aromatic N) is 1. The second-order valence-electron chi connectivity index (χ2n) is 6.27. The molecule has 0 N–H and O–H groups in total. The summed E-state index contributed by atoms with van der Waals surface area (Å²) in [6, 6.07) is 3.41. The largest absolute Gasteiger partial charge is 0.493 e. The van der Waals surface area contributed by atoms with Gasteiger partial charge >= 0.3 is 0 Å². The van der Waals surface area contributed by atoms with Crippen LogP contribution in [-0.4, -0.2) is 31.1 Å². The van der Waals surface area contributed by atoms with Gasteiger partial charge in [0.2, 0.25) is 5.75 Å². The Kier molecular flexibility index (Phi) is 6.80. The summed E-state index contributed by atoms with van der Waals surface area (Å²) in [7, 11) is 1.57. The molecular weight excluding hydrogens is 389 g/mol. The molecule has 2 aromatic rings. The van der Waals surface area contributed by atoms with Gasteiger partial charge in [-0.1, -0.05) is 23.2 Å². The molecule has 1 aromatic heterocycles. The van der Waals surface area contributed by atoms with Gasteiger partial charge in [0.05, 0.1) is 35.9 Å². The Labute approximate surface area is 168 Å². The molecule has 5 nitrogen and oxygen atoms in total. The number of hydrogen-bond acceptors (Lipinski definition) is 5. The molecule has 0 saturated carbocycles. The number of halogens is 2. The second kappa shape index (κ2) is 9.29. The number of rotatable bonds is 4. The molecule has 0 bridgehead atoms. The van der Waals surface area contributed by atoms with Crippen molar-refractivity contribution >= 4 is 29.0 Å². The Hall–Kier alpha value is -1.98. The fourth-order valence-corrected chi connectivity index (χ4v) is 3.47. The van der Waals surface area contributed by atoms with Crippen molar-refractivity contribution in [3.8, 4) is 17.2 Å². The summed E-state index contributed by atoms with van der Waals surface area (Å²) in [6.45, 7) is 1.06. The first-order chi connectivity index (χ1) is 13.1. The molecule has 1 aliphatic rings. The minimum absolute atomic E-state index is 0.0440.